The maximum atomic E-state index is 10.6. The molecule has 0 aliphatic heterocycles. The quantitative estimate of drug-likeness (QED) is 0.235. The molecule has 5 nitrogen and oxygen atoms in total. The van der Waals surface area contributed by atoms with Crippen LogP contribution in [0.2, 0.25) is 0 Å². The lowest BCUT2D eigenvalue weighted by atomic mass is 10.3. The van der Waals surface area contributed by atoms with Crippen LogP contribution in [-0.2, 0) is 30.7 Å². The average molecular weight is 254 g/mol. The number of unbranched alkanes of at least 4 members (excludes halogenated alkanes) is 2. The van der Waals surface area contributed by atoms with Gasteiger partial charge in [-0.1, -0.05) is 31.0 Å². The van der Waals surface area contributed by atoms with Crippen LogP contribution in [0.4, 0.5) is 0 Å². The highest BCUT2D eigenvalue weighted by atomic mass is 32.5. The van der Waals surface area contributed by atoms with Crippen molar-refractivity contribution >= 4 is 24.5 Å². The Hall–Kier alpha value is -0.260. The summed E-state index contributed by atoms with van der Waals surface area (Å²) < 4.78 is 9.18. The highest BCUT2D eigenvalue weighted by molar-refractivity contribution is 8.07. The third-order valence-electron chi connectivity index (χ3n) is 1.38. The van der Waals surface area contributed by atoms with E-state index in [4.69, 9.17) is 4.52 Å². The van der Waals surface area contributed by atoms with E-state index >= 15 is 0 Å². The molecular weight excluding hydrogens is 239 g/mol. The summed E-state index contributed by atoms with van der Waals surface area (Å²) in [6.45, 7) is 2.02. The number of carbonyl (C=O) groups excluding carboxylic acids is 1. The Bertz CT molecular complexity index is 255. The SMILES string of the molecule is C=CC(=O)OOP(O)(=S)OCCCCC. The van der Waals surface area contributed by atoms with Crippen molar-refractivity contribution in [1.82, 2.24) is 0 Å². The first-order chi connectivity index (χ1) is 7.02. The third kappa shape index (κ3) is 8.72. The Kier molecular flexibility index (Phi) is 7.82. The highest BCUT2D eigenvalue weighted by Crippen LogP contribution is 2.44. The minimum absolute atomic E-state index is 0.285. The van der Waals surface area contributed by atoms with E-state index in [-0.39, 0.29) is 6.61 Å². The Balaban J connectivity index is 3.71. The van der Waals surface area contributed by atoms with Crippen LogP contribution in [0.1, 0.15) is 26.2 Å². The first-order valence-electron chi connectivity index (χ1n) is 4.52. The van der Waals surface area contributed by atoms with Crippen molar-refractivity contribution in [2.45, 2.75) is 26.2 Å². The first kappa shape index (κ1) is 14.7. The van der Waals surface area contributed by atoms with Crippen LogP contribution in [0.3, 0.4) is 0 Å². The van der Waals surface area contributed by atoms with E-state index in [2.05, 4.69) is 27.9 Å². The molecule has 0 rings (SSSR count). The minimum atomic E-state index is -3.46. The summed E-state index contributed by atoms with van der Waals surface area (Å²) in [5.41, 5.74) is 0. The fourth-order valence-corrected chi connectivity index (χ4v) is 1.56. The van der Waals surface area contributed by atoms with Crippen LogP contribution in [0.15, 0.2) is 12.7 Å². The Morgan fingerprint density at radius 2 is 2.27 bits per heavy atom. The predicted molar refractivity (Wildman–Crippen MR) is 59.4 cm³/mol. The van der Waals surface area contributed by atoms with Gasteiger partial charge in [0, 0.05) is 6.08 Å². The maximum Gasteiger partial charge on any atom is 0.365 e. The standard InChI is InChI=1S/C8H15O5PS/c1-3-5-6-7-11-14(10,15)13-12-8(9)4-2/h4H,2-3,5-7H2,1H3,(H,10,15). The Labute approximate surface area is 94.2 Å². The summed E-state index contributed by atoms with van der Waals surface area (Å²) in [7, 11) is 0. The van der Waals surface area contributed by atoms with Gasteiger partial charge in [-0.2, -0.15) is 0 Å². The Morgan fingerprint density at radius 1 is 1.60 bits per heavy atom. The molecule has 0 amide bonds. The van der Waals surface area contributed by atoms with Crippen LogP contribution < -0.4 is 0 Å². The molecule has 7 heteroatoms. The lowest BCUT2D eigenvalue weighted by molar-refractivity contribution is -0.212. The molecule has 0 fully saturated rings. The molecule has 0 heterocycles. The van der Waals surface area contributed by atoms with Gasteiger partial charge >= 0.3 is 12.7 Å². The second-order valence-corrected chi connectivity index (χ2v) is 5.42. The number of rotatable bonds is 8. The molecule has 1 unspecified atom stereocenters. The summed E-state index contributed by atoms with van der Waals surface area (Å²) in [6, 6.07) is 0. The average Bonchev–Trinajstić information content (AvgIpc) is 2.21. The molecule has 0 bridgehead atoms. The number of hydrogen-bond acceptors (Lipinski definition) is 5. The van der Waals surface area contributed by atoms with Crippen molar-refractivity contribution in [1.29, 1.82) is 0 Å². The Morgan fingerprint density at radius 3 is 2.80 bits per heavy atom. The molecule has 15 heavy (non-hydrogen) atoms. The van der Waals surface area contributed by atoms with Crippen molar-refractivity contribution in [2.75, 3.05) is 6.61 Å². The third-order valence-corrected chi connectivity index (χ3v) is 2.65. The molecule has 0 aliphatic carbocycles. The second kappa shape index (κ2) is 7.96. The van der Waals surface area contributed by atoms with Crippen LogP contribution in [-0.4, -0.2) is 17.5 Å². The van der Waals surface area contributed by atoms with Crippen molar-refractivity contribution < 1.29 is 23.8 Å². The second-order valence-electron chi connectivity index (χ2n) is 2.69. The first-order valence-corrected chi connectivity index (χ1v) is 7.11. The van der Waals surface area contributed by atoms with Gasteiger partial charge in [0.15, 0.2) is 0 Å². The van der Waals surface area contributed by atoms with Gasteiger partial charge in [0.2, 0.25) is 0 Å². The number of carbonyl (C=O) groups is 1. The molecule has 0 aromatic rings. The van der Waals surface area contributed by atoms with Gasteiger partial charge in [0.05, 0.1) is 6.61 Å². The molecular formula is C8H15O5PS. The van der Waals surface area contributed by atoms with Gasteiger partial charge in [-0.15, -0.1) is 0 Å². The normalized spacial score (nSPS) is 14.3. The minimum Gasteiger partial charge on any atom is -0.322 e. The largest absolute Gasteiger partial charge is 0.365 e. The summed E-state index contributed by atoms with van der Waals surface area (Å²) in [5.74, 6) is -0.824. The zero-order chi connectivity index (χ0) is 11.7. The summed E-state index contributed by atoms with van der Waals surface area (Å²) >= 11 is 4.57. The summed E-state index contributed by atoms with van der Waals surface area (Å²) in [4.78, 5) is 24.0. The van der Waals surface area contributed by atoms with Crippen LogP contribution in [0.5, 0.6) is 0 Å². The molecule has 1 N–H and O–H groups in total. The predicted octanol–water partition coefficient (Wildman–Crippen LogP) is 2.07. The van der Waals surface area contributed by atoms with E-state index in [9.17, 15) is 9.69 Å². The lowest BCUT2D eigenvalue weighted by Crippen LogP contribution is -2.02. The van der Waals surface area contributed by atoms with E-state index in [1.165, 1.54) is 0 Å². The molecule has 0 radical (unpaired) electrons. The monoisotopic (exact) mass is 254 g/mol. The molecule has 1 atom stereocenters. The van der Waals surface area contributed by atoms with Crippen LogP contribution in [0, 0.1) is 0 Å². The maximum absolute atomic E-state index is 10.6. The molecule has 0 saturated carbocycles. The lowest BCUT2D eigenvalue weighted by Gasteiger charge is -2.12. The van der Waals surface area contributed by atoms with Gasteiger partial charge in [-0.05, 0) is 18.2 Å². The summed E-state index contributed by atoms with van der Waals surface area (Å²) in [6.07, 6.45) is 3.67. The van der Waals surface area contributed by atoms with E-state index in [1.807, 2.05) is 6.92 Å². The molecule has 0 spiro atoms. The smallest absolute Gasteiger partial charge is 0.322 e. The number of hydrogen-bond donors (Lipinski definition) is 1. The van der Waals surface area contributed by atoms with Crippen LogP contribution in [0.25, 0.3) is 0 Å². The van der Waals surface area contributed by atoms with Gasteiger partial charge in [-0.3, -0.25) is 4.89 Å². The van der Waals surface area contributed by atoms with Crippen molar-refractivity contribution in [3.63, 3.8) is 0 Å². The van der Waals surface area contributed by atoms with E-state index < -0.39 is 12.7 Å². The van der Waals surface area contributed by atoms with E-state index in [1.54, 1.807) is 0 Å². The van der Waals surface area contributed by atoms with Crippen molar-refractivity contribution in [3.05, 3.63) is 12.7 Å². The fraction of sp³-hybridized carbons (Fsp3) is 0.625. The molecule has 0 aromatic heterocycles. The zero-order valence-corrected chi connectivity index (χ0v) is 10.3. The van der Waals surface area contributed by atoms with Gasteiger partial charge in [0.25, 0.3) is 0 Å². The van der Waals surface area contributed by atoms with E-state index in [0.717, 1.165) is 25.3 Å². The highest BCUT2D eigenvalue weighted by Gasteiger charge is 2.18. The van der Waals surface area contributed by atoms with Gasteiger partial charge in [-0.25, -0.2) is 4.79 Å². The van der Waals surface area contributed by atoms with E-state index in [0.29, 0.717) is 0 Å². The topological polar surface area (TPSA) is 65.0 Å². The summed E-state index contributed by atoms with van der Waals surface area (Å²) in [5, 5.41) is 0. The molecule has 88 valence electrons. The molecule has 0 aromatic carbocycles. The van der Waals surface area contributed by atoms with Crippen molar-refractivity contribution in [2.24, 2.45) is 0 Å². The fourth-order valence-electron chi connectivity index (χ4n) is 0.671. The zero-order valence-electron chi connectivity index (χ0n) is 8.55. The van der Waals surface area contributed by atoms with Crippen molar-refractivity contribution in [3.8, 4) is 0 Å². The van der Waals surface area contributed by atoms with Crippen LogP contribution >= 0.6 is 6.72 Å². The van der Waals surface area contributed by atoms with Gasteiger partial charge < -0.3 is 9.42 Å². The van der Waals surface area contributed by atoms with Gasteiger partial charge in [0.1, 0.15) is 0 Å². The molecule has 0 saturated heterocycles. The molecule has 0 aliphatic rings.